The van der Waals surface area contributed by atoms with Crippen LogP contribution in [0.1, 0.15) is 11.6 Å². The van der Waals surface area contributed by atoms with Crippen molar-refractivity contribution in [3.63, 3.8) is 0 Å². The molecule has 0 aliphatic carbocycles. The maximum absolute atomic E-state index is 3.69. The second kappa shape index (κ2) is 6.07. The van der Waals surface area contributed by atoms with Crippen molar-refractivity contribution in [2.45, 2.75) is 31.7 Å². The smallest absolute Gasteiger partial charge is 0.0490 e. The zero-order valence-electron chi connectivity index (χ0n) is 12.1. The highest BCUT2D eigenvalue weighted by molar-refractivity contribution is 6.76. The number of nitrogens with one attached hydrogen (secondary N) is 1. The molecule has 19 heavy (non-hydrogen) atoms. The molecule has 2 aromatic carbocycles. The van der Waals surface area contributed by atoms with Crippen LogP contribution in [0.15, 0.2) is 60.7 Å². The number of para-hydroxylation sites is 1. The summed E-state index contributed by atoms with van der Waals surface area (Å²) in [6.07, 6.45) is 0. The summed E-state index contributed by atoms with van der Waals surface area (Å²) in [6, 6.07) is 22.9. The quantitative estimate of drug-likeness (QED) is 0.738. The van der Waals surface area contributed by atoms with Crippen LogP contribution in [-0.4, -0.2) is 8.07 Å². The lowest BCUT2D eigenvalue weighted by Crippen LogP contribution is -2.26. The van der Waals surface area contributed by atoms with Crippen LogP contribution < -0.4 is 5.32 Å². The van der Waals surface area contributed by atoms with Crippen molar-refractivity contribution in [1.29, 1.82) is 0 Å². The Morgan fingerprint density at radius 2 is 1.37 bits per heavy atom. The lowest BCUT2D eigenvalue weighted by atomic mass is 10.1. The summed E-state index contributed by atoms with van der Waals surface area (Å²) in [7, 11) is -1.12. The molecule has 0 aliphatic heterocycles. The maximum atomic E-state index is 3.69. The Balaban J connectivity index is 2.20. The summed E-state index contributed by atoms with van der Waals surface area (Å²) in [4.78, 5) is 0. The van der Waals surface area contributed by atoms with Gasteiger partial charge in [-0.05, 0) is 23.7 Å². The van der Waals surface area contributed by atoms with E-state index in [4.69, 9.17) is 0 Å². The Morgan fingerprint density at radius 3 is 1.89 bits per heavy atom. The molecular weight excluding hydrogens is 246 g/mol. The monoisotopic (exact) mass is 269 g/mol. The minimum Gasteiger partial charge on any atom is -0.379 e. The third-order valence-electron chi connectivity index (χ3n) is 3.13. The average molecular weight is 269 g/mol. The number of anilines is 1. The van der Waals surface area contributed by atoms with Crippen LogP contribution in [0, 0.1) is 0 Å². The van der Waals surface area contributed by atoms with E-state index < -0.39 is 8.07 Å². The van der Waals surface area contributed by atoms with Gasteiger partial charge in [0.15, 0.2) is 0 Å². The van der Waals surface area contributed by atoms with Gasteiger partial charge in [0.2, 0.25) is 0 Å². The second-order valence-electron chi connectivity index (χ2n) is 6.24. The maximum Gasteiger partial charge on any atom is 0.0490 e. The minimum atomic E-state index is -1.12. The lowest BCUT2D eigenvalue weighted by molar-refractivity contribution is 0.863. The van der Waals surface area contributed by atoms with Crippen molar-refractivity contribution in [2.24, 2.45) is 0 Å². The first-order valence-corrected chi connectivity index (χ1v) is 10.6. The molecule has 1 nitrogen and oxygen atoms in total. The largest absolute Gasteiger partial charge is 0.379 e. The number of benzene rings is 2. The molecule has 0 aromatic heterocycles. The number of hydrogen-bond acceptors (Lipinski definition) is 1. The molecule has 0 radical (unpaired) electrons. The molecular formula is C17H23NSi. The zero-order chi connectivity index (χ0) is 13.7. The predicted molar refractivity (Wildman–Crippen MR) is 87.4 cm³/mol. The van der Waals surface area contributed by atoms with Gasteiger partial charge >= 0.3 is 0 Å². The predicted octanol–water partition coefficient (Wildman–Crippen LogP) is 5.18. The van der Waals surface area contributed by atoms with E-state index in [1.165, 1.54) is 17.3 Å². The molecule has 1 N–H and O–H groups in total. The third kappa shape index (κ3) is 4.56. The van der Waals surface area contributed by atoms with Crippen molar-refractivity contribution < 1.29 is 0 Å². The first kappa shape index (κ1) is 13.9. The average Bonchev–Trinajstić information content (AvgIpc) is 2.39. The standard InChI is InChI=1S/C17H23NSi/c1-19(2,3)14-17(15-10-6-4-7-11-15)18-16-12-8-5-9-13-16/h4-13,17-18H,14H2,1-3H3. The topological polar surface area (TPSA) is 12.0 Å². The molecule has 0 fully saturated rings. The van der Waals surface area contributed by atoms with Gasteiger partial charge in [-0.1, -0.05) is 68.2 Å². The van der Waals surface area contributed by atoms with Gasteiger partial charge in [-0.3, -0.25) is 0 Å². The third-order valence-corrected chi connectivity index (χ3v) is 4.77. The van der Waals surface area contributed by atoms with Crippen LogP contribution >= 0.6 is 0 Å². The van der Waals surface area contributed by atoms with Crippen LogP contribution in [0.2, 0.25) is 25.7 Å². The van der Waals surface area contributed by atoms with E-state index in [1.807, 2.05) is 0 Å². The Bertz CT molecular complexity index is 488. The van der Waals surface area contributed by atoms with Gasteiger partial charge in [0.05, 0.1) is 0 Å². The fraction of sp³-hybridized carbons (Fsp3) is 0.294. The summed E-state index contributed by atoms with van der Waals surface area (Å²) >= 11 is 0. The van der Waals surface area contributed by atoms with E-state index in [-0.39, 0.29) is 0 Å². The summed E-state index contributed by atoms with van der Waals surface area (Å²) in [5.41, 5.74) is 2.59. The van der Waals surface area contributed by atoms with Crippen LogP contribution in [0.25, 0.3) is 0 Å². The fourth-order valence-corrected chi connectivity index (χ4v) is 3.85. The molecule has 0 saturated carbocycles. The molecule has 2 heteroatoms. The van der Waals surface area contributed by atoms with Gasteiger partial charge in [0.25, 0.3) is 0 Å². The van der Waals surface area contributed by atoms with E-state index in [2.05, 4.69) is 85.6 Å². The zero-order valence-corrected chi connectivity index (χ0v) is 13.1. The molecule has 0 bridgehead atoms. The number of rotatable bonds is 5. The fourth-order valence-electron chi connectivity index (χ4n) is 2.29. The van der Waals surface area contributed by atoms with E-state index in [0.29, 0.717) is 6.04 Å². The molecule has 2 aromatic rings. The molecule has 1 atom stereocenters. The highest BCUT2D eigenvalue weighted by Gasteiger charge is 2.21. The number of hydrogen-bond donors (Lipinski definition) is 1. The van der Waals surface area contributed by atoms with Crippen LogP contribution in [0.5, 0.6) is 0 Å². The normalized spacial score (nSPS) is 13.0. The summed E-state index contributed by atoms with van der Waals surface area (Å²) in [6.45, 7) is 7.28. The van der Waals surface area contributed by atoms with Crippen molar-refractivity contribution >= 4 is 13.8 Å². The van der Waals surface area contributed by atoms with E-state index in [0.717, 1.165) is 0 Å². The van der Waals surface area contributed by atoms with Crippen molar-refractivity contribution in [3.05, 3.63) is 66.2 Å². The molecule has 0 heterocycles. The van der Waals surface area contributed by atoms with Gasteiger partial charge in [0.1, 0.15) is 0 Å². The van der Waals surface area contributed by atoms with E-state index in [9.17, 15) is 0 Å². The van der Waals surface area contributed by atoms with Crippen molar-refractivity contribution in [3.8, 4) is 0 Å². The van der Waals surface area contributed by atoms with Gasteiger partial charge in [-0.25, -0.2) is 0 Å². The van der Waals surface area contributed by atoms with E-state index >= 15 is 0 Å². The molecule has 0 saturated heterocycles. The summed E-state index contributed by atoms with van der Waals surface area (Å²) in [5, 5.41) is 3.69. The van der Waals surface area contributed by atoms with Crippen molar-refractivity contribution in [1.82, 2.24) is 0 Å². The Morgan fingerprint density at radius 1 is 0.842 bits per heavy atom. The molecule has 0 spiro atoms. The highest BCUT2D eigenvalue weighted by atomic mass is 28.3. The summed E-state index contributed by atoms with van der Waals surface area (Å²) in [5.74, 6) is 0. The Kier molecular flexibility index (Phi) is 4.43. The van der Waals surface area contributed by atoms with E-state index in [1.54, 1.807) is 0 Å². The summed E-state index contributed by atoms with van der Waals surface area (Å²) < 4.78 is 0. The van der Waals surface area contributed by atoms with Gasteiger partial charge in [-0.2, -0.15) is 0 Å². The molecule has 1 unspecified atom stereocenters. The van der Waals surface area contributed by atoms with Gasteiger partial charge < -0.3 is 5.32 Å². The molecule has 2 rings (SSSR count). The minimum absolute atomic E-state index is 0.412. The molecule has 0 amide bonds. The Labute approximate surface area is 117 Å². The first-order valence-electron chi connectivity index (χ1n) is 6.91. The first-order chi connectivity index (χ1) is 9.04. The van der Waals surface area contributed by atoms with Gasteiger partial charge in [0, 0.05) is 19.8 Å². The second-order valence-corrected chi connectivity index (χ2v) is 11.8. The van der Waals surface area contributed by atoms with Crippen LogP contribution in [-0.2, 0) is 0 Å². The Hall–Kier alpha value is -1.54. The van der Waals surface area contributed by atoms with Crippen LogP contribution in [0.4, 0.5) is 5.69 Å². The van der Waals surface area contributed by atoms with Gasteiger partial charge in [-0.15, -0.1) is 0 Å². The molecule has 0 aliphatic rings. The highest BCUT2D eigenvalue weighted by Crippen LogP contribution is 2.28. The van der Waals surface area contributed by atoms with Crippen LogP contribution in [0.3, 0.4) is 0 Å². The molecule has 100 valence electrons. The van der Waals surface area contributed by atoms with Crippen molar-refractivity contribution in [2.75, 3.05) is 5.32 Å². The lowest BCUT2D eigenvalue weighted by Gasteiger charge is -2.27. The SMILES string of the molecule is C[Si](C)(C)CC(Nc1ccccc1)c1ccccc1.